The Kier molecular flexibility index (Phi) is 2.40. The maximum Gasteiger partial charge on any atom is 0.304 e. The Morgan fingerprint density at radius 2 is 1.57 bits per heavy atom. The van der Waals surface area contributed by atoms with Crippen molar-refractivity contribution in [1.82, 2.24) is 0 Å². The highest BCUT2D eigenvalue weighted by Gasteiger charge is 1.95. The van der Waals surface area contributed by atoms with Gasteiger partial charge in [0, 0.05) is 13.2 Å². The summed E-state index contributed by atoms with van der Waals surface area (Å²) in [5, 5.41) is 0. The van der Waals surface area contributed by atoms with Crippen LogP contribution in [0.4, 0.5) is 0 Å². The first-order chi connectivity index (χ1) is 3.50. The van der Waals surface area contributed by atoms with Gasteiger partial charge < -0.3 is 8.85 Å². The Bertz CT molecular complexity index is 29.3. The summed E-state index contributed by atoms with van der Waals surface area (Å²) < 4.78 is 10.2. The molecule has 42 valence electrons. The van der Waals surface area contributed by atoms with Crippen LogP contribution in [0.25, 0.3) is 0 Å². The average molecular weight is 118 g/mol. The van der Waals surface area contributed by atoms with E-state index in [4.69, 9.17) is 8.85 Å². The summed E-state index contributed by atoms with van der Waals surface area (Å²) in [4.78, 5) is 0. The van der Waals surface area contributed by atoms with E-state index >= 15 is 0 Å². The molecule has 0 spiro atoms. The molecule has 0 aromatic carbocycles. The van der Waals surface area contributed by atoms with E-state index < -0.39 is 10.0 Å². The summed E-state index contributed by atoms with van der Waals surface area (Å²) in [6.07, 6.45) is 2.38. The molecule has 0 aliphatic carbocycles. The van der Waals surface area contributed by atoms with Crippen LogP contribution in [0.5, 0.6) is 0 Å². The monoisotopic (exact) mass is 118 g/mol. The van der Waals surface area contributed by atoms with Crippen LogP contribution in [0.15, 0.2) is 0 Å². The Hall–Kier alpha value is 0.137. The van der Waals surface area contributed by atoms with Crippen molar-refractivity contribution in [3.63, 3.8) is 0 Å². The van der Waals surface area contributed by atoms with Crippen LogP contribution in [0.1, 0.15) is 12.8 Å². The number of hydrogen-bond acceptors (Lipinski definition) is 2. The molecule has 3 heteroatoms. The minimum atomic E-state index is -0.526. The van der Waals surface area contributed by atoms with Crippen molar-refractivity contribution in [2.75, 3.05) is 13.2 Å². The predicted molar refractivity (Wildman–Crippen MR) is 29.7 cm³/mol. The summed E-state index contributed by atoms with van der Waals surface area (Å²) in [7, 11) is -0.526. The van der Waals surface area contributed by atoms with Gasteiger partial charge >= 0.3 is 10.0 Å². The molecule has 0 radical (unpaired) electrons. The summed E-state index contributed by atoms with van der Waals surface area (Å²) in [6.45, 7) is 1.87. The van der Waals surface area contributed by atoms with Gasteiger partial charge in [0.2, 0.25) is 0 Å². The molecule has 1 aliphatic heterocycles. The quantitative estimate of drug-likeness (QED) is 0.411. The molecule has 1 heterocycles. The maximum atomic E-state index is 5.11. The highest BCUT2D eigenvalue weighted by Crippen LogP contribution is 1.94. The van der Waals surface area contributed by atoms with Crippen LogP contribution in [0.3, 0.4) is 0 Å². The summed E-state index contributed by atoms with van der Waals surface area (Å²) >= 11 is 0. The molecule has 1 rings (SSSR count). The smallest absolute Gasteiger partial charge is 0.304 e. The van der Waals surface area contributed by atoms with E-state index in [0.717, 1.165) is 13.2 Å². The van der Waals surface area contributed by atoms with Crippen molar-refractivity contribution in [1.29, 1.82) is 0 Å². The fourth-order valence-electron chi connectivity index (χ4n) is 0.585. The van der Waals surface area contributed by atoms with Crippen LogP contribution < -0.4 is 0 Å². The molecular formula is C4H10O2Si. The molecule has 1 saturated heterocycles. The third kappa shape index (κ3) is 2.06. The lowest BCUT2D eigenvalue weighted by Gasteiger charge is -1.92. The standard InChI is InChI=1S/C4H10O2Si/c1-2-4-6-7-5-3-1/h1-4,7H2. The fourth-order valence-corrected chi connectivity index (χ4v) is 1.35. The second-order valence-corrected chi connectivity index (χ2v) is 2.69. The summed E-state index contributed by atoms with van der Waals surface area (Å²) in [5.74, 6) is 0. The van der Waals surface area contributed by atoms with Crippen molar-refractivity contribution in [2.24, 2.45) is 0 Å². The highest BCUT2D eigenvalue weighted by atomic mass is 28.3. The molecule has 1 aliphatic rings. The van der Waals surface area contributed by atoms with E-state index in [9.17, 15) is 0 Å². The third-order valence-electron chi connectivity index (χ3n) is 0.994. The van der Waals surface area contributed by atoms with Crippen molar-refractivity contribution in [2.45, 2.75) is 12.8 Å². The maximum absolute atomic E-state index is 5.11. The first kappa shape index (κ1) is 5.28. The molecule has 2 nitrogen and oxygen atoms in total. The molecule has 0 saturated carbocycles. The topological polar surface area (TPSA) is 18.5 Å². The van der Waals surface area contributed by atoms with Crippen LogP contribution in [-0.2, 0) is 8.85 Å². The molecule has 0 bridgehead atoms. The van der Waals surface area contributed by atoms with Crippen LogP contribution in [0.2, 0.25) is 0 Å². The van der Waals surface area contributed by atoms with E-state index in [-0.39, 0.29) is 0 Å². The fraction of sp³-hybridized carbons (Fsp3) is 1.00. The first-order valence-electron chi connectivity index (χ1n) is 2.65. The van der Waals surface area contributed by atoms with Crippen molar-refractivity contribution in [3.05, 3.63) is 0 Å². The molecule has 0 amide bonds. The van der Waals surface area contributed by atoms with Gasteiger partial charge in [-0.05, 0) is 12.8 Å². The Morgan fingerprint density at radius 1 is 1.00 bits per heavy atom. The van der Waals surface area contributed by atoms with Crippen LogP contribution in [0, 0.1) is 0 Å². The minimum Gasteiger partial charge on any atom is -0.399 e. The predicted octanol–water partition coefficient (Wildman–Crippen LogP) is -0.188. The Labute approximate surface area is 45.9 Å². The molecule has 0 atom stereocenters. The van der Waals surface area contributed by atoms with Crippen molar-refractivity contribution >= 4 is 10.0 Å². The van der Waals surface area contributed by atoms with Crippen molar-refractivity contribution in [3.8, 4) is 0 Å². The lowest BCUT2D eigenvalue weighted by molar-refractivity contribution is 0.263. The summed E-state index contributed by atoms with van der Waals surface area (Å²) in [5.41, 5.74) is 0. The third-order valence-corrected chi connectivity index (χ3v) is 1.90. The average Bonchev–Trinajstić information content (AvgIpc) is 1.90. The zero-order valence-corrected chi connectivity index (χ0v) is 5.77. The lowest BCUT2D eigenvalue weighted by atomic mass is 10.3. The van der Waals surface area contributed by atoms with Gasteiger partial charge in [0.05, 0.1) is 0 Å². The molecule has 0 unspecified atom stereocenters. The second-order valence-electron chi connectivity index (χ2n) is 1.64. The zero-order chi connectivity index (χ0) is 4.95. The largest absolute Gasteiger partial charge is 0.399 e. The number of hydrogen-bond donors (Lipinski definition) is 0. The van der Waals surface area contributed by atoms with Gasteiger partial charge in [0.15, 0.2) is 0 Å². The highest BCUT2D eigenvalue weighted by molar-refractivity contribution is 6.17. The van der Waals surface area contributed by atoms with Gasteiger partial charge in [0.25, 0.3) is 0 Å². The van der Waals surface area contributed by atoms with Gasteiger partial charge in [-0.15, -0.1) is 0 Å². The van der Waals surface area contributed by atoms with Gasteiger partial charge in [0.1, 0.15) is 0 Å². The van der Waals surface area contributed by atoms with Crippen LogP contribution in [-0.4, -0.2) is 23.2 Å². The van der Waals surface area contributed by atoms with E-state index in [1.807, 2.05) is 0 Å². The Morgan fingerprint density at radius 3 is 2.14 bits per heavy atom. The van der Waals surface area contributed by atoms with Crippen LogP contribution >= 0.6 is 0 Å². The van der Waals surface area contributed by atoms with E-state index in [1.54, 1.807) is 0 Å². The second kappa shape index (κ2) is 3.18. The van der Waals surface area contributed by atoms with Gasteiger partial charge in [-0.2, -0.15) is 0 Å². The normalized spacial score (nSPS) is 24.0. The molecule has 0 N–H and O–H groups in total. The van der Waals surface area contributed by atoms with E-state index in [2.05, 4.69) is 0 Å². The van der Waals surface area contributed by atoms with Crippen molar-refractivity contribution < 1.29 is 8.85 Å². The SMILES string of the molecule is C1CCO[SiH2]OC1. The van der Waals surface area contributed by atoms with Gasteiger partial charge in [-0.1, -0.05) is 0 Å². The summed E-state index contributed by atoms with van der Waals surface area (Å²) in [6, 6.07) is 0. The first-order valence-corrected chi connectivity index (χ1v) is 3.81. The molecule has 0 aromatic rings. The van der Waals surface area contributed by atoms with Gasteiger partial charge in [-0.3, -0.25) is 0 Å². The molecule has 7 heavy (non-hydrogen) atoms. The van der Waals surface area contributed by atoms with Gasteiger partial charge in [-0.25, -0.2) is 0 Å². The zero-order valence-electron chi connectivity index (χ0n) is 4.35. The minimum absolute atomic E-state index is 0.526. The molecule has 0 aromatic heterocycles. The number of rotatable bonds is 0. The lowest BCUT2D eigenvalue weighted by Crippen LogP contribution is -1.99. The Balaban J connectivity index is 2.04. The van der Waals surface area contributed by atoms with E-state index in [1.165, 1.54) is 12.8 Å². The molecule has 1 fully saturated rings. The molecular weight excluding hydrogens is 108 g/mol. The van der Waals surface area contributed by atoms with E-state index in [0.29, 0.717) is 0 Å².